The fourth-order valence-electron chi connectivity index (χ4n) is 2.28. The third-order valence-corrected chi connectivity index (χ3v) is 3.14. The summed E-state index contributed by atoms with van der Waals surface area (Å²) in [6.45, 7) is 5.69. The van der Waals surface area contributed by atoms with Gasteiger partial charge in [-0.25, -0.2) is 4.39 Å². The Bertz CT molecular complexity index is 555. The Morgan fingerprint density at radius 2 is 1.89 bits per heavy atom. The molecule has 0 amide bonds. The van der Waals surface area contributed by atoms with Gasteiger partial charge >= 0.3 is 0 Å². The summed E-state index contributed by atoms with van der Waals surface area (Å²) < 4.78 is 14.1. The molecule has 2 aromatic rings. The summed E-state index contributed by atoms with van der Waals surface area (Å²) in [4.78, 5) is 4.27. The van der Waals surface area contributed by atoms with Gasteiger partial charge in [0.25, 0.3) is 0 Å². The van der Waals surface area contributed by atoms with E-state index in [0.717, 1.165) is 22.4 Å². The zero-order chi connectivity index (χ0) is 13.3. The van der Waals surface area contributed by atoms with Crippen LogP contribution in [-0.4, -0.2) is 4.98 Å². The van der Waals surface area contributed by atoms with Crippen molar-refractivity contribution in [2.24, 2.45) is 5.73 Å². The summed E-state index contributed by atoms with van der Waals surface area (Å²) >= 11 is 0. The molecule has 1 heterocycles. The number of hydrogen-bond acceptors (Lipinski definition) is 2. The lowest BCUT2D eigenvalue weighted by Crippen LogP contribution is -2.18. The number of halogens is 1. The standard InChI is InChI=1S/C15H17FN2/c1-9-7-11(3)13(12(16)8-9)14(17)15-10(2)5-4-6-18-15/h4-8,14H,17H2,1-3H3. The molecule has 0 radical (unpaired) electrons. The number of nitrogens with two attached hydrogens (primary N) is 1. The summed E-state index contributed by atoms with van der Waals surface area (Å²) in [6.07, 6.45) is 1.68. The number of benzene rings is 1. The molecule has 2 N–H and O–H groups in total. The minimum atomic E-state index is -0.521. The second-order valence-electron chi connectivity index (χ2n) is 4.66. The molecule has 0 spiro atoms. The second kappa shape index (κ2) is 4.86. The van der Waals surface area contributed by atoms with Gasteiger partial charge in [0.2, 0.25) is 0 Å². The summed E-state index contributed by atoms with van der Waals surface area (Å²) in [5.74, 6) is -0.259. The number of rotatable bonds is 2. The maximum absolute atomic E-state index is 14.1. The first kappa shape index (κ1) is 12.7. The van der Waals surface area contributed by atoms with E-state index >= 15 is 0 Å². The minimum absolute atomic E-state index is 0.259. The molecule has 1 aromatic heterocycles. The van der Waals surface area contributed by atoms with E-state index in [2.05, 4.69) is 4.98 Å². The van der Waals surface area contributed by atoms with Crippen molar-refractivity contribution in [3.63, 3.8) is 0 Å². The van der Waals surface area contributed by atoms with Crippen molar-refractivity contribution in [2.75, 3.05) is 0 Å². The molecule has 2 nitrogen and oxygen atoms in total. The van der Waals surface area contributed by atoms with Crippen LogP contribution in [0.5, 0.6) is 0 Å². The lowest BCUT2D eigenvalue weighted by atomic mass is 9.95. The number of aromatic nitrogens is 1. The van der Waals surface area contributed by atoms with Crippen LogP contribution in [0, 0.1) is 26.6 Å². The van der Waals surface area contributed by atoms with Crippen molar-refractivity contribution in [2.45, 2.75) is 26.8 Å². The molecule has 1 unspecified atom stereocenters. The van der Waals surface area contributed by atoms with E-state index in [1.54, 1.807) is 6.20 Å². The molecule has 0 fully saturated rings. The van der Waals surface area contributed by atoms with Crippen LogP contribution in [0.25, 0.3) is 0 Å². The predicted octanol–water partition coefficient (Wildman–Crippen LogP) is 3.19. The summed E-state index contributed by atoms with van der Waals surface area (Å²) in [7, 11) is 0. The van der Waals surface area contributed by atoms with Crippen molar-refractivity contribution in [1.29, 1.82) is 0 Å². The lowest BCUT2D eigenvalue weighted by Gasteiger charge is -2.17. The van der Waals surface area contributed by atoms with Crippen LogP contribution in [0.1, 0.15) is 34.0 Å². The molecular formula is C15H17FN2. The smallest absolute Gasteiger partial charge is 0.128 e. The first-order valence-electron chi connectivity index (χ1n) is 5.94. The van der Waals surface area contributed by atoms with E-state index in [4.69, 9.17) is 5.73 Å². The fourth-order valence-corrected chi connectivity index (χ4v) is 2.28. The van der Waals surface area contributed by atoms with Gasteiger partial charge in [-0.3, -0.25) is 4.98 Å². The highest BCUT2D eigenvalue weighted by atomic mass is 19.1. The summed E-state index contributed by atoms with van der Waals surface area (Å²) in [5.41, 5.74) is 10.2. The number of aryl methyl sites for hydroxylation is 3. The monoisotopic (exact) mass is 244 g/mol. The Morgan fingerprint density at radius 3 is 2.50 bits per heavy atom. The van der Waals surface area contributed by atoms with E-state index in [0.29, 0.717) is 5.56 Å². The van der Waals surface area contributed by atoms with E-state index in [-0.39, 0.29) is 5.82 Å². The molecule has 1 aromatic carbocycles. The van der Waals surface area contributed by atoms with Gasteiger partial charge in [-0.15, -0.1) is 0 Å². The third kappa shape index (κ3) is 2.27. The van der Waals surface area contributed by atoms with Crippen LogP contribution in [0.4, 0.5) is 4.39 Å². The van der Waals surface area contributed by atoms with Gasteiger partial charge in [-0.2, -0.15) is 0 Å². The van der Waals surface area contributed by atoms with Gasteiger partial charge in [0.1, 0.15) is 5.82 Å². The Balaban J connectivity index is 2.53. The van der Waals surface area contributed by atoms with Crippen molar-refractivity contribution in [3.8, 4) is 0 Å². The molecule has 18 heavy (non-hydrogen) atoms. The lowest BCUT2D eigenvalue weighted by molar-refractivity contribution is 0.593. The summed E-state index contributed by atoms with van der Waals surface area (Å²) in [5, 5.41) is 0. The highest BCUT2D eigenvalue weighted by molar-refractivity contribution is 5.39. The van der Waals surface area contributed by atoms with Crippen molar-refractivity contribution in [1.82, 2.24) is 4.98 Å². The van der Waals surface area contributed by atoms with Gasteiger partial charge in [0.05, 0.1) is 11.7 Å². The molecule has 94 valence electrons. The Morgan fingerprint density at radius 1 is 1.17 bits per heavy atom. The molecule has 3 heteroatoms. The molecule has 0 bridgehead atoms. The average molecular weight is 244 g/mol. The molecule has 0 aliphatic carbocycles. The van der Waals surface area contributed by atoms with Crippen molar-refractivity contribution < 1.29 is 4.39 Å². The Labute approximate surface area is 107 Å². The van der Waals surface area contributed by atoms with Crippen LogP contribution in [0.3, 0.4) is 0 Å². The van der Waals surface area contributed by atoms with Crippen LogP contribution in [0.2, 0.25) is 0 Å². The van der Waals surface area contributed by atoms with Crippen LogP contribution in [0.15, 0.2) is 30.5 Å². The highest BCUT2D eigenvalue weighted by Crippen LogP contribution is 2.26. The van der Waals surface area contributed by atoms with Gasteiger partial charge in [-0.1, -0.05) is 12.1 Å². The maximum Gasteiger partial charge on any atom is 0.128 e. The number of nitrogens with zero attached hydrogens (tertiary/aromatic N) is 1. The van der Waals surface area contributed by atoms with Crippen LogP contribution < -0.4 is 5.73 Å². The summed E-state index contributed by atoms with van der Waals surface area (Å²) in [6, 6.07) is 6.72. The zero-order valence-corrected chi connectivity index (χ0v) is 10.9. The van der Waals surface area contributed by atoms with E-state index < -0.39 is 6.04 Å². The Hall–Kier alpha value is -1.74. The van der Waals surface area contributed by atoms with Crippen LogP contribution >= 0.6 is 0 Å². The first-order valence-corrected chi connectivity index (χ1v) is 5.94. The van der Waals surface area contributed by atoms with Crippen molar-refractivity contribution >= 4 is 0 Å². The third-order valence-electron chi connectivity index (χ3n) is 3.14. The molecule has 0 saturated heterocycles. The van der Waals surface area contributed by atoms with Crippen molar-refractivity contribution in [3.05, 3.63) is 64.2 Å². The van der Waals surface area contributed by atoms with Gasteiger partial charge in [0, 0.05) is 11.8 Å². The topological polar surface area (TPSA) is 38.9 Å². The highest BCUT2D eigenvalue weighted by Gasteiger charge is 2.19. The predicted molar refractivity (Wildman–Crippen MR) is 70.9 cm³/mol. The maximum atomic E-state index is 14.1. The SMILES string of the molecule is Cc1cc(C)c(C(N)c2ncccc2C)c(F)c1. The molecule has 1 atom stereocenters. The minimum Gasteiger partial charge on any atom is -0.319 e. The quantitative estimate of drug-likeness (QED) is 0.881. The van der Waals surface area contributed by atoms with Gasteiger partial charge < -0.3 is 5.73 Å². The van der Waals surface area contributed by atoms with Gasteiger partial charge in [-0.05, 0) is 49.6 Å². The largest absolute Gasteiger partial charge is 0.319 e. The van der Waals surface area contributed by atoms with E-state index in [9.17, 15) is 4.39 Å². The number of pyridine rings is 1. The van der Waals surface area contributed by atoms with Gasteiger partial charge in [0.15, 0.2) is 0 Å². The normalized spacial score (nSPS) is 12.5. The second-order valence-corrected chi connectivity index (χ2v) is 4.66. The average Bonchev–Trinajstić information content (AvgIpc) is 2.27. The molecule has 0 aliphatic rings. The Kier molecular flexibility index (Phi) is 3.43. The molecule has 2 rings (SSSR count). The van der Waals surface area contributed by atoms with E-state index in [1.165, 1.54) is 6.07 Å². The fraction of sp³-hybridized carbons (Fsp3) is 0.267. The first-order chi connectivity index (χ1) is 8.50. The van der Waals surface area contributed by atoms with Crippen LogP contribution in [-0.2, 0) is 0 Å². The molecule has 0 saturated carbocycles. The van der Waals surface area contributed by atoms with E-state index in [1.807, 2.05) is 39.0 Å². The number of hydrogen-bond donors (Lipinski definition) is 1. The molecular weight excluding hydrogens is 227 g/mol. The molecule has 0 aliphatic heterocycles. The zero-order valence-electron chi connectivity index (χ0n) is 10.9.